The number of benzene rings is 1. The predicted molar refractivity (Wildman–Crippen MR) is 102 cm³/mol. The molecule has 0 spiro atoms. The Bertz CT molecular complexity index is 811. The average Bonchev–Trinajstić information content (AvgIpc) is 3.11. The van der Waals surface area contributed by atoms with Crippen molar-refractivity contribution in [2.75, 3.05) is 18.4 Å². The maximum Gasteiger partial charge on any atom is 0.303 e. The van der Waals surface area contributed by atoms with Gasteiger partial charge >= 0.3 is 5.91 Å². The van der Waals surface area contributed by atoms with Crippen molar-refractivity contribution in [1.29, 1.82) is 0 Å². The number of rotatable bonds is 6. The lowest BCUT2D eigenvalue weighted by atomic mass is 10.2. The summed E-state index contributed by atoms with van der Waals surface area (Å²) < 4.78 is 13.4. The predicted octanol–water partition coefficient (Wildman–Crippen LogP) is 3.24. The van der Waals surface area contributed by atoms with Crippen molar-refractivity contribution in [3.63, 3.8) is 0 Å². The van der Waals surface area contributed by atoms with E-state index in [1.54, 1.807) is 12.1 Å². The van der Waals surface area contributed by atoms with Crippen LogP contribution >= 0.6 is 11.6 Å². The van der Waals surface area contributed by atoms with Crippen LogP contribution in [0, 0.1) is 0 Å². The number of amides is 1. The highest BCUT2D eigenvalue weighted by Crippen LogP contribution is 2.19. The van der Waals surface area contributed by atoms with Crippen molar-refractivity contribution in [2.24, 2.45) is 0 Å². The Hall–Kier alpha value is -2.48. The van der Waals surface area contributed by atoms with Crippen molar-refractivity contribution in [2.45, 2.75) is 19.0 Å². The minimum Gasteiger partial charge on any atom is -0.366 e. The van der Waals surface area contributed by atoms with Gasteiger partial charge in [0.05, 0.1) is 0 Å². The second-order valence-electron chi connectivity index (χ2n) is 6.40. The van der Waals surface area contributed by atoms with Crippen LogP contribution < -0.4 is 10.8 Å². The van der Waals surface area contributed by atoms with Crippen molar-refractivity contribution >= 4 is 29.4 Å². The fraction of sp³-hybridized carbons (Fsp3) is 0.263. The highest BCUT2D eigenvalue weighted by atomic mass is 35.5. The zero-order valence-corrected chi connectivity index (χ0v) is 15.3. The number of nitrogens with one attached hydrogen (secondary N) is 2. The molecule has 1 saturated heterocycles. The standard InChI is InChI=1S/C19H20ClFN4O2/c20-15-4-1-13(2-5-15)11-25-8-7-16(12-25)23-18-6-3-14(10-22-18)9-17(21)19(26)24-27/h1-6,9-10,16,27H,7-8,11-12H2,(H,22,23)(H,24,26)/t16-/m1/s1. The van der Waals surface area contributed by atoms with Gasteiger partial charge in [-0.2, -0.15) is 0 Å². The van der Waals surface area contributed by atoms with Gasteiger partial charge < -0.3 is 5.32 Å². The lowest BCUT2D eigenvalue weighted by Gasteiger charge is -2.17. The van der Waals surface area contributed by atoms with Crippen LogP contribution in [-0.2, 0) is 11.3 Å². The maximum atomic E-state index is 13.4. The number of nitrogens with zero attached hydrogens (tertiary/aromatic N) is 2. The van der Waals surface area contributed by atoms with Gasteiger partial charge in [-0.25, -0.2) is 14.9 Å². The molecule has 0 saturated carbocycles. The molecular formula is C19H20ClFN4O2. The fourth-order valence-corrected chi connectivity index (χ4v) is 3.12. The van der Waals surface area contributed by atoms with E-state index in [9.17, 15) is 9.18 Å². The van der Waals surface area contributed by atoms with Crippen LogP contribution in [0.4, 0.5) is 10.2 Å². The molecule has 8 heteroatoms. The van der Waals surface area contributed by atoms with Gasteiger partial charge in [0.25, 0.3) is 0 Å². The number of hydrogen-bond donors (Lipinski definition) is 3. The summed E-state index contributed by atoms with van der Waals surface area (Å²) in [5, 5.41) is 12.5. The van der Waals surface area contributed by atoms with Gasteiger partial charge in [0, 0.05) is 36.9 Å². The van der Waals surface area contributed by atoms with Crippen LogP contribution in [0.15, 0.2) is 48.4 Å². The average molecular weight is 391 g/mol. The first-order chi connectivity index (χ1) is 13.0. The number of halogens is 2. The van der Waals surface area contributed by atoms with E-state index in [2.05, 4.69) is 15.2 Å². The second-order valence-corrected chi connectivity index (χ2v) is 6.84. The first-order valence-electron chi connectivity index (χ1n) is 8.54. The van der Waals surface area contributed by atoms with Gasteiger partial charge in [-0.3, -0.25) is 14.9 Å². The smallest absolute Gasteiger partial charge is 0.303 e. The van der Waals surface area contributed by atoms with Gasteiger partial charge in [-0.05, 0) is 47.9 Å². The molecule has 0 bridgehead atoms. The molecule has 3 rings (SSSR count). The van der Waals surface area contributed by atoms with E-state index in [1.165, 1.54) is 17.2 Å². The zero-order chi connectivity index (χ0) is 19.2. The van der Waals surface area contributed by atoms with Gasteiger partial charge in [-0.15, -0.1) is 0 Å². The van der Waals surface area contributed by atoms with E-state index < -0.39 is 11.7 Å². The third kappa shape index (κ3) is 5.50. The normalized spacial score (nSPS) is 17.7. The molecule has 142 valence electrons. The Morgan fingerprint density at radius 2 is 2.11 bits per heavy atom. The van der Waals surface area contributed by atoms with Crippen molar-refractivity contribution in [3.8, 4) is 0 Å². The molecule has 1 aliphatic rings. The number of likely N-dealkylation sites (tertiary alicyclic amines) is 1. The Balaban J connectivity index is 1.52. The molecule has 1 aliphatic heterocycles. The lowest BCUT2D eigenvalue weighted by Crippen LogP contribution is -2.26. The largest absolute Gasteiger partial charge is 0.366 e. The molecule has 6 nitrogen and oxygen atoms in total. The van der Waals surface area contributed by atoms with Crippen LogP contribution in [0.1, 0.15) is 17.5 Å². The van der Waals surface area contributed by atoms with Crippen LogP contribution in [0.3, 0.4) is 0 Å². The molecular weight excluding hydrogens is 371 g/mol. The number of pyridine rings is 1. The SMILES string of the molecule is O=C(NO)C(F)=Cc1ccc(N[C@@H]2CCN(Cc3ccc(Cl)cc3)C2)nc1. The molecule has 27 heavy (non-hydrogen) atoms. The summed E-state index contributed by atoms with van der Waals surface area (Å²) in [6.07, 6.45) is 3.47. The molecule has 0 aliphatic carbocycles. The fourth-order valence-electron chi connectivity index (χ4n) is 2.99. The number of carbonyl (C=O) groups excluding carboxylic acids is 1. The first-order valence-corrected chi connectivity index (χ1v) is 8.92. The third-order valence-electron chi connectivity index (χ3n) is 4.34. The van der Waals surface area contributed by atoms with E-state index in [0.29, 0.717) is 11.4 Å². The molecule has 1 amide bonds. The summed E-state index contributed by atoms with van der Waals surface area (Å²) in [4.78, 5) is 17.6. The van der Waals surface area contributed by atoms with Crippen LogP contribution in [0.2, 0.25) is 5.02 Å². The van der Waals surface area contributed by atoms with Gasteiger partial charge in [0.2, 0.25) is 0 Å². The highest BCUT2D eigenvalue weighted by molar-refractivity contribution is 6.30. The van der Waals surface area contributed by atoms with E-state index >= 15 is 0 Å². The molecule has 1 aromatic heterocycles. The number of aromatic nitrogens is 1. The first kappa shape index (κ1) is 19.3. The topological polar surface area (TPSA) is 77.5 Å². The molecule has 2 heterocycles. The molecule has 1 fully saturated rings. The van der Waals surface area contributed by atoms with Crippen LogP contribution in [-0.4, -0.2) is 40.1 Å². The van der Waals surface area contributed by atoms with Gasteiger partial charge in [-0.1, -0.05) is 23.7 Å². The van der Waals surface area contributed by atoms with Crippen LogP contribution in [0.25, 0.3) is 6.08 Å². The minimum atomic E-state index is -1.19. The number of carbonyl (C=O) groups is 1. The Labute approximate surface area is 161 Å². The molecule has 2 aromatic rings. The molecule has 0 radical (unpaired) electrons. The highest BCUT2D eigenvalue weighted by Gasteiger charge is 2.22. The second kappa shape index (κ2) is 8.94. The Kier molecular flexibility index (Phi) is 6.39. The maximum absolute atomic E-state index is 13.4. The summed E-state index contributed by atoms with van der Waals surface area (Å²) >= 11 is 5.92. The van der Waals surface area contributed by atoms with Gasteiger partial charge in [0.1, 0.15) is 5.82 Å². The summed E-state index contributed by atoms with van der Waals surface area (Å²) in [6, 6.07) is 11.5. The summed E-state index contributed by atoms with van der Waals surface area (Å²) in [7, 11) is 0. The zero-order valence-electron chi connectivity index (χ0n) is 14.5. The number of anilines is 1. The van der Waals surface area contributed by atoms with E-state index in [4.69, 9.17) is 16.8 Å². The molecule has 1 aromatic carbocycles. The monoisotopic (exact) mass is 390 g/mol. The molecule has 0 unspecified atom stereocenters. The quantitative estimate of drug-likeness (QED) is 0.401. The summed E-state index contributed by atoms with van der Waals surface area (Å²) in [5.74, 6) is -1.59. The van der Waals surface area contributed by atoms with Crippen LogP contribution in [0.5, 0.6) is 0 Å². The number of hydrogen-bond acceptors (Lipinski definition) is 5. The van der Waals surface area contributed by atoms with Crippen molar-refractivity contribution in [1.82, 2.24) is 15.4 Å². The van der Waals surface area contributed by atoms with E-state index in [-0.39, 0.29) is 6.04 Å². The minimum absolute atomic E-state index is 0.281. The summed E-state index contributed by atoms with van der Waals surface area (Å²) in [6.45, 7) is 2.76. The van der Waals surface area contributed by atoms with Crippen molar-refractivity contribution < 1.29 is 14.4 Å². The third-order valence-corrected chi connectivity index (χ3v) is 4.59. The van der Waals surface area contributed by atoms with E-state index in [1.807, 2.05) is 24.3 Å². The summed E-state index contributed by atoms with van der Waals surface area (Å²) in [5.41, 5.74) is 2.90. The lowest BCUT2D eigenvalue weighted by molar-refractivity contribution is -0.126. The Morgan fingerprint density at radius 1 is 1.33 bits per heavy atom. The molecule has 3 N–H and O–H groups in total. The number of hydroxylamine groups is 1. The Morgan fingerprint density at radius 3 is 2.78 bits per heavy atom. The molecule has 1 atom stereocenters. The van der Waals surface area contributed by atoms with Gasteiger partial charge in [0.15, 0.2) is 5.83 Å². The van der Waals surface area contributed by atoms with Crippen molar-refractivity contribution in [3.05, 3.63) is 64.6 Å². The van der Waals surface area contributed by atoms with E-state index in [0.717, 1.165) is 37.2 Å².